The van der Waals surface area contributed by atoms with E-state index in [9.17, 15) is 18.0 Å². The van der Waals surface area contributed by atoms with Crippen LogP contribution >= 0.6 is 23.2 Å². The molecule has 0 aliphatic heterocycles. The molecule has 0 spiro atoms. The van der Waals surface area contributed by atoms with E-state index in [-0.39, 0.29) is 39.1 Å². The molecule has 42 heavy (non-hydrogen) atoms. The minimum atomic E-state index is -4.27. The molecule has 0 aromatic heterocycles. The molecule has 0 fully saturated rings. The van der Waals surface area contributed by atoms with Crippen LogP contribution < -0.4 is 14.4 Å². The molecule has 8 nitrogen and oxygen atoms in total. The predicted molar refractivity (Wildman–Crippen MR) is 168 cm³/mol. The number of anilines is 1. The van der Waals surface area contributed by atoms with Crippen molar-refractivity contribution < 1.29 is 22.7 Å². The van der Waals surface area contributed by atoms with E-state index in [1.54, 1.807) is 43.5 Å². The van der Waals surface area contributed by atoms with Gasteiger partial charge in [-0.25, -0.2) is 8.42 Å². The van der Waals surface area contributed by atoms with Crippen LogP contribution in [0.5, 0.6) is 5.75 Å². The van der Waals surface area contributed by atoms with Gasteiger partial charge in [-0.3, -0.25) is 13.9 Å². The molecule has 0 unspecified atom stereocenters. The summed E-state index contributed by atoms with van der Waals surface area (Å²) < 4.78 is 34.2. The molecule has 0 aliphatic rings. The monoisotopic (exact) mass is 633 g/mol. The number of amides is 2. The lowest BCUT2D eigenvalue weighted by molar-refractivity contribution is -0.140. The first-order chi connectivity index (χ1) is 19.9. The molecule has 0 bridgehead atoms. The van der Waals surface area contributed by atoms with Crippen LogP contribution in [0.4, 0.5) is 5.69 Å². The predicted octanol–water partition coefficient (Wildman–Crippen LogP) is 6.23. The van der Waals surface area contributed by atoms with Crippen molar-refractivity contribution in [3.05, 3.63) is 87.9 Å². The molecule has 0 saturated carbocycles. The first kappa shape index (κ1) is 33.2. The maximum absolute atomic E-state index is 14.2. The maximum Gasteiger partial charge on any atom is 0.264 e. The van der Waals surface area contributed by atoms with Crippen LogP contribution in [0.15, 0.2) is 71.6 Å². The minimum absolute atomic E-state index is 0.0137. The molecule has 0 radical (unpaired) electrons. The van der Waals surface area contributed by atoms with Crippen molar-refractivity contribution in [3.8, 4) is 5.75 Å². The number of hydrogen-bond donors (Lipinski definition) is 1. The Kier molecular flexibility index (Phi) is 11.7. The molecule has 0 aliphatic carbocycles. The maximum atomic E-state index is 14.2. The van der Waals surface area contributed by atoms with Crippen molar-refractivity contribution >= 4 is 50.7 Å². The van der Waals surface area contributed by atoms with E-state index in [0.717, 1.165) is 15.4 Å². The Hall–Kier alpha value is -3.27. The molecule has 226 valence electrons. The molecule has 3 rings (SSSR count). The normalized spacial score (nSPS) is 12.7. The van der Waals surface area contributed by atoms with Gasteiger partial charge in [0.25, 0.3) is 10.0 Å². The van der Waals surface area contributed by atoms with Gasteiger partial charge >= 0.3 is 0 Å². The van der Waals surface area contributed by atoms with E-state index in [0.29, 0.717) is 18.6 Å². The van der Waals surface area contributed by atoms with Gasteiger partial charge in [-0.2, -0.15) is 0 Å². The summed E-state index contributed by atoms with van der Waals surface area (Å²) in [7, 11) is -2.71. The fourth-order valence-corrected chi connectivity index (χ4v) is 6.18. The van der Waals surface area contributed by atoms with Gasteiger partial charge in [0.1, 0.15) is 18.3 Å². The Balaban J connectivity index is 2.09. The van der Waals surface area contributed by atoms with Gasteiger partial charge in [-0.1, -0.05) is 66.9 Å². The highest BCUT2D eigenvalue weighted by atomic mass is 35.5. The molecular formula is C31H37Cl2N3O5S. The summed E-state index contributed by atoms with van der Waals surface area (Å²) >= 11 is 12.7. The Morgan fingerprint density at radius 3 is 2.17 bits per heavy atom. The van der Waals surface area contributed by atoms with E-state index in [1.165, 1.54) is 35.2 Å². The standard InChI is InChI=1S/C31H37Cl2N3O5S/c1-6-22(4)34-31(38)28(7-2)35(19-23-10-13-25(41-5)14-11-23)30(37)20-36(29-18-24(32)12-17-27(29)33)42(39,40)26-15-8-21(3)9-16-26/h8-18,22,28H,6-7,19-20H2,1-5H3,(H,34,38)/t22-,28+/m1/s1. The van der Waals surface area contributed by atoms with Crippen molar-refractivity contribution in [1.82, 2.24) is 10.2 Å². The first-order valence-electron chi connectivity index (χ1n) is 13.7. The van der Waals surface area contributed by atoms with Crippen LogP contribution in [0.25, 0.3) is 0 Å². The largest absolute Gasteiger partial charge is 0.497 e. The number of rotatable bonds is 13. The van der Waals surface area contributed by atoms with Crippen molar-refractivity contribution in [2.24, 2.45) is 0 Å². The van der Waals surface area contributed by atoms with E-state index in [1.807, 2.05) is 27.7 Å². The van der Waals surface area contributed by atoms with Crippen LogP contribution in [-0.4, -0.2) is 50.9 Å². The van der Waals surface area contributed by atoms with Gasteiger partial charge in [-0.15, -0.1) is 0 Å². The summed E-state index contributed by atoms with van der Waals surface area (Å²) in [5.41, 5.74) is 1.67. The zero-order chi connectivity index (χ0) is 31.0. The lowest BCUT2D eigenvalue weighted by Gasteiger charge is -2.34. The SMILES string of the molecule is CC[C@@H](C)NC(=O)[C@H](CC)N(Cc1ccc(OC)cc1)C(=O)CN(c1cc(Cl)ccc1Cl)S(=O)(=O)c1ccc(C)cc1. The number of carbonyl (C=O) groups excluding carboxylic acids is 2. The average molecular weight is 635 g/mol. The van der Waals surface area contributed by atoms with Crippen LogP contribution in [0.2, 0.25) is 10.0 Å². The third kappa shape index (κ3) is 8.18. The number of nitrogens with one attached hydrogen (secondary N) is 1. The van der Waals surface area contributed by atoms with Gasteiger partial charge in [0.2, 0.25) is 11.8 Å². The van der Waals surface area contributed by atoms with Gasteiger partial charge in [-0.05, 0) is 74.7 Å². The molecule has 2 atom stereocenters. The van der Waals surface area contributed by atoms with E-state index < -0.39 is 28.5 Å². The number of hydrogen-bond acceptors (Lipinski definition) is 5. The van der Waals surface area contributed by atoms with Gasteiger partial charge < -0.3 is 15.0 Å². The second-order valence-electron chi connectivity index (χ2n) is 10.0. The summed E-state index contributed by atoms with van der Waals surface area (Å²) in [5.74, 6) is -0.254. The highest BCUT2D eigenvalue weighted by molar-refractivity contribution is 7.92. The van der Waals surface area contributed by atoms with Gasteiger partial charge in [0.15, 0.2) is 0 Å². The lowest BCUT2D eigenvalue weighted by Crippen LogP contribution is -2.53. The highest BCUT2D eigenvalue weighted by Crippen LogP contribution is 2.33. The number of ether oxygens (including phenoxy) is 1. The van der Waals surface area contributed by atoms with E-state index in [2.05, 4.69) is 5.32 Å². The molecule has 3 aromatic carbocycles. The number of methoxy groups -OCH3 is 1. The molecular weight excluding hydrogens is 597 g/mol. The molecule has 0 saturated heterocycles. The zero-order valence-electron chi connectivity index (χ0n) is 24.4. The van der Waals surface area contributed by atoms with Gasteiger partial charge in [0.05, 0.1) is 22.7 Å². The Morgan fingerprint density at radius 1 is 0.952 bits per heavy atom. The third-order valence-electron chi connectivity index (χ3n) is 6.96. The fourth-order valence-electron chi connectivity index (χ4n) is 4.32. The number of aryl methyl sites for hydroxylation is 1. The number of carbonyl (C=O) groups is 2. The van der Waals surface area contributed by atoms with E-state index >= 15 is 0 Å². The summed E-state index contributed by atoms with van der Waals surface area (Å²) in [5, 5.41) is 3.31. The number of halogens is 2. The summed E-state index contributed by atoms with van der Waals surface area (Å²) in [6.45, 7) is 6.95. The first-order valence-corrected chi connectivity index (χ1v) is 15.9. The highest BCUT2D eigenvalue weighted by Gasteiger charge is 2.34. The lowest BCUT2D eigenvalue weighted by atomic mass is 10.1. The van der Waals surface area contributed by atoms with Crippen LogP contribution in [0, 0.1) is 6.92 Å². The van der Waals surface area contributed by atoms with Gasteiger partial charge in [0, 0.05) is 17.6 Å². The molecule has 3 aromatic rings. The Morgan fingerprint density at radius 2 is 1.60 bits per heavy atom. The Labute approximate surface area is 258 Å². The van der Waals surface area contributed by atoms with Crippen molar-refractivity contribution in [2.75, 3.05) is 18.0 Å². The van der Waals surface area contributed by atoms with Crippen molar-refractivity contribution in [1.29, 1.82) is 0 Å². The van der Waals surface area contributed by atoms with E-state index in [4.69, 9.17) is 27.9 Å². The zero-order valence-corrected chi connectivity index (χ0v) is 26.8. The number of nitrogens with zero attached hydrogens (tertiary/aromatic N) is 2. The fraction of sp³-hybridized carbons (Fsp3) is 0.355. The third-order valence-corrected chi connectivity index (χ3v) is 9.29. The number of sulfonamides is 1. The van der Waals surface area contributed by atoms with Crippen molar-refractivity contribution in [2.45, 2.75) is 64.1 Å². The Bertz CT molecular complexity index is 1480. The van der Waals surface area contributed by atoms with Crippen LogP contribution in [0.1, 0.15) is 44.7 Å². The van der Waals surface area contributed by atoms with Crippen molar-refractivity contribution in [3.63, 3.8) is 0 Å². The summed E-state index contributed by atoms with van der Waals surface area (Å²) in [4.78, 5) is 29.0. The average Bonchev–Trinajstić information content (AvgIpc) is 2.97. The topological polar surface area (TPSA) is 96.0 Å². The molecule has 11 heteroatoms. The summed E-state index contributed by atoms with van der Waals surface area (Å²) in [6, 6.07) is 16.9. The molecule has 1 N–H and O–H groups in total. The molecule has 0 heterocycles. The van der Waals surface area contributed by atoms with Crippen LogP contribution in [0.3, 0.4) is 0 Å². The second-order valence-corrected chi connectivity index (χ2v) is 12.7. The number of benzene rings is 3. The molecule has 2 amide bonds. The van der Waals surface area contributed by atoms with Crippen LogP contribution in [-0.2, 0) is 26.2 Å². The summed E-state index contributed by atoms with van der Waals surface area (Å²) in [6.07, 6.45) is 1.03. The minimum Gasteiger partial charge on any atom is -0.497 e. The quantitative estimate of drug-likeness (QED) is 0.241. The second kappa shape index (κ2) is 14.8. The smallest absolute Gasteiger partial charge is 0.264 e.